The number of nitrogens with one attached hydrogen (secondary N) is 2. The molecule has 2 heterocycles. The van der Waals surface area contributed by atoms with Gasteiger partial charge in [-0.15, -0.1) is 0 Å². The zero-order chi connectivity index (χ0) is 21.5. The van der Waals surface area contributed by atoms with E-state index in [1.807, 2.05) is 12.1 Å². The standard InChI is InChI=1S/C22H20ClN3O4/c1-2-30-22-20-18(11-17(26-22)4-3-9-27)21(29)15(13-25-20)10-19(28)24-12-14-5-7-16(23)8-6-14/h5-8,11,13,27H,2,9-10,12H2,1H3,(H,24,28)(H,25,29). The van der Waals surface area contributed by atoms with Gasteiger partial charge >= 0.3 is 0 Å². The van der Waals surface area contributed by atoms with Gasteiger partial charge in [-0.2, -0.15) is 0 Å². The highest BCUT2D eigenvalue weighted by atomic mass is 35.5. The lowest BCUT2D eigenvalue weighted by Gasteiger charge is -2.09. The number of fused-ring (bicyclic) bond motifs is 1. The lowest BCUT2D eigenvalue weighted by molar-refractivity contribution is -0.120. The smallest absolute Gasteiger partial charge is 0.239 e. The minimum Gasteiger partial charge on any atom is -0.476 e. The Hall–Kier alpha value is -3.34. The molecule has 8 heteroatoms. The zero-order valence-electron chi connectivity index (χ0n) is 16.3. The molecule has 0 aliphatic heterocycles. The van der Waals surface area contributed by atoms with E-state index in [0.717, 1.165) is 5.56 Å². The van der Waals surface area contributed by atoms with Gasteiger partial charge in [-0.1, -0.05) is 29.7 Å². The van der Waals surface area contributed by atoms with E-state index in [9.17, 15) is 9.59 Å². The Balaban J connectivity index is 1.85. The van der Waals surface area contributed by atoms with Gasteiger partial charge in [0, 0.05) is 23.3 Å². The van der Waals surface area contributed by atoms with Gasteiger partial charge in [0.15, 0.2) is 5.43 Å². The largest absolute Gasteiger partial charge is 0.476 e. The van der Waals surface area contributed by atoms with E-state index in [0.29, 0.717) is 40.3 Å². The molecule has 0 saturated heterocycles. The van der Waals surface area contributed by atoms with E-state index < -0.39 is 0 Å². The summed E-state index contributed by atoms with van der Waals surface area (Å²) in [6.07, 6.45) is 1.42. The van der Waals surface area contributed by atoms with Crippen molar-refractivity contribution in [2.45, 2.75) is 19.9 Å². The Morgan fingerprint density at radius 1 is 1.33 bits per heavy atom. The van der Waals surface area contributed by atoms with Gasteiger partial charge in [0.05, 0.1) is 18.4 Å². The van der Waals surface area contributed by atoms with E-state index in [1.165, 1.54) is 12.3 Å². The second-order valence-corrected chi connectivity index (χ2v) is 6.79. The van der Waals surface area contributed by atoms with E-state index >= 15 is 0 Å². The molecule has 0 spiro atoms. The maximum atomic E-state index is 13.0. The van der Waals surface area contributed by atoms with Crippen molar-refractivity contribution in [1.29, 1.82) is 0 Å². The summed E-state index contributed by atoms with van der Waals surface area (Å²) in [7, 11) is 0. The SMILES string of the molecule is CCOc1nc(C#CCO)cc2c(=O)c(CC(=O)NCc3ccc(Cl)cc3)c[nH]c12. The summed E-state index contributed by atoms with van der Waals surface area (Å²) in [6, 6.07) is 8.66. The third kappa shape index (κ3) is 5.17. The molecule has 0 saturated carbocycles. The third-order valence-electron chi connectivity index (χ3n) is 4.24. The monoisotopic (exact) mass is 425 g/mol. The molecule has 154 valence electrons. The van der Waals surface area contributed by atoms with Gasteiger partial charge in [0.2, 0.25) is 11.8 Å². The van der Waals surface area contributed by atoms with Crippen LogP contribution in [0.3, 0.4) is 0 Å². The molecule has 3 aromatic rings. The fourth-order valence-corrected chi connectivity index (χ4v) is 2.97. The number of aromatic amines is 1. The second-order valence-electron chi connectivity index (χ2n) is 6.35. The van der Waals surface area contributed by atoms with Crippen molar-refractivity contribution in [3.05, 3.63) is 68.6 Å². The first-order chi connectivity index (χ1) is 14.5. The number of carbonyl (C=O) groups is 1. The Bertz CT molecular complexity index is 1180. The molecule has 1 amide bonds. The van der Waals surface area contributed by atoms with Crippen LogP contribution in [0.4, 0.5) is 0 Å². The number of rotatable bonds is 6. The van der Waals surface area contributed by atoms with Crippen LogP contribution in [-0.4, -0.2) is 34.2 Å². The summed E-state index contributed by atoms with van der Waals surface area (Å²) in [4.78, 5) is 32.6. The molecule has 0 fully saturated rings. The predicted octanol–water partition coefficient (Wildman–Crippen LogP) is 2.18. The molecule has 0 radical (unpaired) electrons. The maximum Gasteiger partial charge on any atom is 0.239 e. The molecule has 0 atom stereocenters. The number of H-pyrrole nitrogens is 1. The fourth-order valence-electron chi connectivity index (χ4n) is 2.84. The molecular weight excluding hydrogens is 406 g/mol. The number of aliphatic hydroxyl groups excluding tert-OH is 1. The Labute approximate surface area is 178 Å². The molecule has 0 bridgehead atoms. The second kappa shape index (κ2) is 9.92. The summed E-state index contributed by atoms with van der Waals surface area (Å²) in [5.74, 6) is 5.15. The first-order valence-electron chi connectivity index (χ1n) is 9.30. The Morgan fingerprint density at radius 3 is 2.80 bits per heavy atom. The van der Waals surface area contributed by atoms with Crippen molar-refractivity contribution < 1.29 is 14.6 Å². The van der Waals surface area contributed by atoms with Gasteiger partial charge in [-0.05, 0) is 36.6 Å². The zero-order valence-corrected chi connectivity index (χ0v) is 17.0. The van der Waals surface area contributed by atoms with Crippen LogP contribution in [0.5, 0.6) is 5.88 Å². The summed E-state index contributed by atoms with van der Waals surface area (Å²) in [5.41, 5.74) is 1.64. The van der Waals surface area contributed by atoms with Crippen molar-refractivity contribution in [3.63, 3.8) is 0 Å². The average molecular weight is 426 g/mol. The molecule has 0 aliphatic rings. The first kappa shape index (κ1) is 21.4. The number of pyridine rings is 2. The van der Waals surface area contributed by atoms with Crippen LogP contribution in [0.25, 0.3) is 10.9 Å². The number of halogens is 1. The molecule has 3 N–H and O–H groups in total. The quantitative estimate of drug-likeness (QED) is 0.525. The number of benzene rings is 1. The summed E-state index contributed by atoms with van der Waals surface area (Å²) in [6.45, 7) is 2.17. The van der Waals surface area contributed by atoms with E-state index in [1.54, 1.807) is 19.1 Å². The van der Waals surface area contributed by atoms with Crippen LogP contribution >= 0.6 is 11.6 Å². The lowest BCUT2D eigenvalue weighted by atomic mass is 10.1. The van der Waals surface area contributed by atoms with Gasteiger partial charge in [0.25, 0.3) is 0 Å². The lowest BCUT2D eigenvalue weighted by Crippen LogP contribution is -2.27. The van der Waals surface area contributed by atoms with Crippen LogP contribution in [-0.2, 0) is 17.8 Å². The van der Waals surface area contributed by atoms with Crippen LogP contribution in [0.15, 0.2) is 41.3 Å². The number of aliphatic hydroxyl groups is 1. The number of ether oxygens (including phenoxy) is 1. The molecule has 3 rings (SSSR count). The average Bonchev–Trinajstić information content (AvgIpc) is 2.74. The number of aromatic nitrogens is 2. The number of hydrogen-bond donors (Lipinski definition) is 3. The fraction of sp³-hybridized carbons (Fsp3) is 0.227. The molecule has 2 aromatic heterocycles. The van der Waals surface area contributed by atoms with Gasteiger partial charge in [0.1, 0.15) is 17.8 Å². The highest BCUT2D eigenvalue weighted by Crippen LogP contribution is 2.20. The minimum absolute atomic E-state index is 0.0805. The summed E-state index contributed by atoms with van der Waals surface area (Å²) >= 11 is 5.86. The molecule has 7 nitrogen and oxygen atoms in total. The van der Waals surface area contributed by atoms with E-state index in [-0.39, 0.29) is 30.2 Å². The molecule has 30 heavy (non-hydrogen) atoms. The van der Waals surface area contributed by atoms with Crippen LogP contribution in [0, 0.1) is 11.8 Å². The topological polar surface area (TPSA) is 104 Å². The third-order valence-corrected chi connectivity index (χ3v) is 4.50. The number of hydrogen-bond acceptors (Lipinski definition) is 5. The maximum absolute atomic E-state index is 13.0. The van der Waals surface area contributed by atoms with Gasteiger partial charge in [-0.3, -0.25) is 9.59 Å². The highest BCUT2D eigenvalue weighted by molar-refractivity contribution is 6.30. The molecule has 0 aliphatic carbocycles. The molecule has 1 aromatic carbocycles. The highest BCUT2D eigenvalue weighted by Gasteiger charge is 2.14. The van der Waals surface area contributed by atoms with Crippen LogP contribution in [0.1, 0.15) is 23.7 Å². The number of carbonyl (C=O) groups excluding carboxylic acids is 1. The molecule has 0 unspecified atom stereocenters. The Morgan fingerprint density at radius 2 is 2.10 bits per heavy atom. The normalized spacial score (nSPS) is 10.4. The minimum atomic E-state index is -0.326. The first-order valence-corrected chi connectivity index (χ1v) is 9.68. The van der Waals surface area contributed by atoms with Crippen LogP contribution < -0.4 is 15.5 Å². The number of nitrogens with zero attached hydrogens (tertiary/aromatic N) is 1. The predicted molar refractivity (Wildman–Crippen MR) is 114 cm³/mol. The van der Waals surface area contributed by atoms with Gasteiger partial charge in [-0.25, -0.2) is 4.98 Å². The van der Waals surface area contributed by atoms with Crippen molar-refractivity contribution in [1.82, 2.24) is 15.3 Å². The number of amides is 1. The van der Waals surface area contributed by atoms with Crippen LogP contribution in [0.2, 0.25) is 5.02 Å². The van der Waals surface area contributed by atoms with Crippen molar-refractivity contribution in [2.24, 2.45) is 0 Å². The van der Waals surface area contributed by atoms with Gasteiger partial charge < -0.3 is 20.1 Å². The van der Waals surface area contributed by atoms with Crippen molar-refractivity contribution in [3.8, 4) is 17.7 Å². The van der Waals surface area contributed by atoms with E-state index in [2.05, 4.69) is 27.1 Å². The van der Waals surface area contributed by atoms with E-state index in [4.69, 9.17) is 21.4 Å². The van der Waals surface area contributed by atoms with Crippen molar-refractivity contribution in [2.75, 3.05) is 13.2 Å². The Kier molecular flexibility index (Phi) is 7.07. The summed E-state index contributed by atoms with van der Waals surface area (Å²) < 4.78 is 5.51. The molecular formula is C22H20ClN3O4. The summed E-state index contributed by atoms with van der Waals surface area (Å²) in [5, 5.41) is 12.6. The van der Waals surface area contributed by atoms with Crippen molar-refractivity contribution >= 4 is 28.4 Å².